The van der Waals surface area contributed by atoms with Crippen molar-refractivity contribution in [1.29, 1.82) is 0 Å². The molecule has 13 heteroatoms. The van der Waals surface area contributed by atoms with Gasteiger partial charge in [-0.25, -0.2) is 10.1 Å². The number of tetrazole rings is 1. The normalized spacial score (nSPS) is 11.2. The molecule has 5 rings (SSSR count). The van der Waals surface area contributed by atoms with E-state index in [4.69, 9.17) is 0 Å². The van der Waals surface area contributed by atoms with Crippen LogP contribution in [0.25, 0.3) is 38.6 Å². The van der Waals surface area contributed by atoms with Crippen LogP contribution in [0.5, 0.6) is 0 Å². The standard InChI is InChI=1S/C12H6N11S2/c1-2-7(24-3-1)10-9(15-20-16-10)6-4-13-23(19-6)8-5-25-12(14-8)11-17-21-22-18-11/h1-4H,(H,15,16,20)(H,17,18,21,22). The van der Waals surface area contributed by atoms with Crippen molar-refractivity contribution in [3.8, 4) is 38.6 Å². The molecule has 5 heterocycles. The summed E-state index contributed by atoms with van der Waals surface area (Å²) >= 11 is 2.85. The second-order valence-corrected chi connectivity index (χ2v) is 6.47. The van der Waals surface area contributed by atoms with Gasteiger partial charge in [-0.2, -0.15) is 5.10 Å². The van der Waals surface area contributed by atoms with Gasteiger partial charge >= 0.3 is 0 Å². The van der Waals surface area contributed by atoms with E-state index < -0.39 is 0 Å². The summed E-state index contributed by atoms with van der Waals surface area (Å²) in [6, 6.07) is 3.93. The maximum atomic E-state index is 4.44. The van der Waals surface area contributed by atoms with E-state index in [1.54, 1.807) is 17.5 Å². The molecule has 11 nitrogen and oxygen atoms in total. The third kappa shape index (κ3) is 2.41. The molecule has 0 aliphatic heterocycles. The third-order valence-electron chi connectivity index (χ3n) is 3.23. The average Bonchev–Trinajstić information content (AvgIpc) is 3.48. The monoisotopic (exact) mass is 368 g/mol. The molecule has 0 aliphatic rings. The van der Waals surface area contributed by atoms with E-state index in [2.05, 4.69) is 56.6 Å². The molecule has 0 atom stereocenters. The molecule has 0 amide bonds. The number of rotatable bonds is 4. The number of hydrogen-bond donors (Lipinski definition) is 2. The summed E-state index contributed by atoms with van der Waals surface area (Å²) in [7, 11) is 0. The van der Waals surface area contributed by atoms with E-state index >= 15 is 0 Å². The Kier molecular flexibility index (Phi) is 3.17. The molecular formula is C12H6N11S2. The van der Waals surface area contributed by atoms with Crippen molar-refractivity contribution in [1.82, 2.24) is 56.0 Å². The molecule has 0 saturated heterocycles. The second-order valence-electron chi connectivity index (χ2n) is 4.73. The van der Waals surface area contributed by atoms with Gasteiger partial charge in [-0.1, -0.05) is 11.3 Å². The number of thiazole rings is 1. The van der Waals surface area contributed by atoms with Crippen LogP contribution in [-0.2, 0) is 0 Å². The molecular weight excluding hydrogens is 362 g/mol. The summed E-state index contributed by atoms with van der Waals surface area (Å²) in [5.41, 5.74) is 2.04. The zero-order chi connectivity index (χ0) is 16.6. The SMILES string of the molecule is [c]1sc(-c2nnn[nH]2)nc1-n1ncc(-c2[nH]nnc2-c2cccs2)n1. The molecule has 0 spiro atoms. The predicted molar refractivity (Wildman–Crippen MR) is 87.7 cm³/mol. The second kappa shape index (κ2) is 5.64. The molecule has 5 aromatic heterocycles. The highest BCUT2D eigenvalue weighted by Gasteiger charge is 2.17. The number of aromatic nitrogens is 11. The van der Waals surface area contributed by atoms with E-state index in [0.717, 1.165) is 10.6 Å². The quantitative estimate of drug-likeness (QED) is 0.482. The highest BCUT2D eigenvalue weighted by molar-refractivity contribution is 7.13. The largest absolute Gasteiger partial charge is 0.255 e. The van der Waals surface area contributed by atoms with Crippen molar-refractivity contribution in [3.05, 3.63) is 29.1 Å². The Labute approximate surface area is 146 Å². The topological polar surface area (TPSA) is 140 Å². The Morgan fingerprint density at radius 1 is 1.16 bits per heavy atom. The average molecular weight is 368 g/mol. The number of nitrogens with one attached hydrogen (secondary N) is 2. The van der Waals surface area contributed by atoms with E-state index in [1.165, 1.54) is 16.1 Å². The lowest BCUT2D eigenvalue weighted by molar-refractivity contribution is 0.735. The van der Waals surface area contributed by atoms with Gasteiger partial charge in [0.25, 0.3) is 0 Å². The fourth-order valence-corrected chi connectivity index (χ4v) is 3.49. The molecule has 0 unspecified atom stereocenters. The highest BCUT2D eigenvalue weighted by Crippen LogP contribution is 2.30. The van der Waals surface area contributed by atoms with E-state index in [1.807, 2.05) is 17.5 Å². The van der Waals surface area contributed by atoms with Crippen LogP contribution in [-0.4, -0.2) is 56.0 Å². The van der Waals surface area contributed by atoms with Crippen molar-refractivity contribution in [2.45, 2.75) is 0 Å². The minimum absolute atomic E-state index is 0.452. The van der Waals surface area contributed by atoms with Crippen LogP contribution in [0, 0.1) is 5.38 Å². The van der Waals surface area contributed by atoms with Gasteiger partial charge in [0, 0.05) is 0 Å². The molecule has 121 valence electrons. The van der Waals surface area contributed by atoms with Gasteiger partial charge in [-0.05, 0) is 21.9 Å². The Morgan fingerprint density at radius 3 is 3.00 bits per heavy atom. The fourth-order valence-electron chi connectivity index (χ4n) is 2.14. The van der Waals surface area contributed by atoms with E-state index in [0.29, 0.717) is 28.0 Å². The van der Waals surface area contributed by atoms with Crippen LogP contribution < -0.4 is 0 Å². The zero-order valence-electron chi connectivity index (χ0n) is 12.2. The Balaban J connectivity index is 1.50. The molecule has 5 aromatic rings. The molecule has 0 aliphatic carbocycles. The maximum absolute atomic E-state index is 4.44. The molecule has 0 saturated carbocycles. The number of hydrogen-bond acceptors (Lipinski definition) is 10. The van der Waals surface area contributed by atoms with Gasteiger partial charge in [0.05, 0.1) is 16.5 Å². The van der Waals surface area contributed by atoms with Crippen molar-refractivity contribution >= 4 is 22.7 Å². The van der Waals surface area contributed by atoms with Crippen LogP contribution in [0.15, 0.2) is 23.7 Å². The molecule has 0 fully saturated rings. The van der Waals surface area contributed by atoms with Crippen molar-refractivity contribution in [2.24, 2.45) is 0 Å². The summed E-state index contributed by atoms with van der Waals surface area (Å²) in [4.78, 5) is 6.76. The van der Waals surface area contributed by atoms with Crippen LogP contribution in [0.3, 0.4) is 0 Å². The summed E-state index contributed by atoms with van der Waals surface area (Å²) in [5.74, 6) is 0.922. The first-order chi connectivity index (χ1) is 12.4. The maximum Gasteiger partial charge on any atom is 0.208 e. The van der Waals surface area contributed by atoms with Crippen molar-refractivity contribution in [3.63, 3.8) is 0 Å². The van der Waals surface area contributed by atoms with E-state index in [9.17, 15) is 0 Å². The fraction of sp³-hybridized carbons (Fsp3) is 0. The van der Waals surface area contributed by atoms with Gasteiger partial charge in [0.2, 0.25) is 5.82 Å². The summed E-state index contributed by atoms with van der Waals surface area (Å²) in [6.07, 6.45) is 1.62. The Bertz CT molecular complexity index is 1100. The van der Waals surface area contributed by atoms with Crippen molar-refractivity contribution < 1.29 is 0 Å². The smallest absolute Gasteiger partial charge is 0.208 e. The lowest BCUT2D eigenvalue weighted by Crippen LogP contribution is -1.99. The third-order valence-corrected chi connectivity index (χ3v) is 4.87. The molecule has 0 bridgehead atoms. The summed E-state index contributed by atoms with van der Waals surface area (Å²) < 4.78 is 0. The van der Waals surface area contributed by atoms with E-state index in [-0.39, 0.29) is 0 Å². The van der Waals surface area contributed by atoms with Gasteiger partial charge < -0.3 is 0 Å². The minimum atomic E-state index is 0.452. The van der Waals surface area contributed by atoms with Crippen LogP contribution in [0.1, 0.15) is 0 Å². The summed E-state index contributed by atoms with van der Waals surface area (Å²) in [5, 5.41) is 38.7. The van der Waals surface area contributed by atoms with Crippen LogP contribution in [0.2, 0.25) is 0 Å². The minimum Gasteiger partial charge on any atom is -0.255 e. The Hall–Kier alpha value is -3.32. The number of nitrogens with zero attached hydrogens (tertiary/aromatic N) is 9. The molecule has 1 radical (unpaired) electrons. The van der Waals surface area contributed by atoms with Gasteiger partial charge in [-0.3, -0.25) is 5.10 Å². The molecule has 2 N–H and O–H groups in total. The first kappa shape index (κ1) is 14.1. The molecule has 0 aromatic carbocycles. The number of thiophene rings is 1. The lowest BCUT2D eigenvalue weighted by Gasteiger charge is -1.94. The summed E-state index contributed by atoms with van der Waals surface area (Å²) in [6.45, 7) is 0. The zero-order valence-corrected chi connectivity index (χ0v) is 13.8. The van der Waals surface area contributed by atoms with Crippen molar-refractivity contribution in [2.75, 3.05) is 0 Å². The lowest BCUT2D eigenvalue weighted by atomic mass is 10.2. The first-order valence-electron chi connectivity index (χ1n) is 6.89. The van der Waals surface area contributed by atoms with Gasteiger partial charge in [-0.15, -0.1) is 42.8 Å². The number of aromatic amines is 2. The van der Waals surface area contributed by atoms with Crippen LogP contribution >= 0.6 is 22.7 Å². The number of H-pyrrole nitrogens is 2. The first-order valence-corrected chi connectivity index (χ1v) is 8.59. The Morgan fingerprint density at radius 2 is 2.16 bits per heavy atom. The van der Waals surface area contributed by atoms with Gasteiger partial charge in [0.1, 0.15) is 17.1 Å². The highest BCUT2D eigenvalue weighted by atomic mass is 32.1. The van der Waals surface area contributed by atoms with Crippen LogP contribution in [0.4, 0.5) is 0 Å². The molecule has 25 heavy (non-hydrogen) atoms. The predicted octanol–water partition coefficient (Wildman–Crippen LogP) is 1.22. The van der Waals surface area contributed by atoms with Gasteiger partial charge in [0.15, 0.2) is 10.8 Å².